The van der Waals surface area contributed by atoms with Crippen molar-refractivity contribution in [1.29, 1.82) is 0 Å². The van der Waals surface area contributed by atoms with Gasteiger partial charge in [0.05, 0.1) is 6.10 Å². The van der Waals surface area contributed by atoms with Gasteiger partial charge in [0.25, 0.3) is 0 Å². The van der Waals surface area contributed by atoms with Crippen LogP contribution in [0.2, 0.25) is 0 Å². The molecule has 2 amide bonds. The molecule has 0 radical (unpaired) electrons. The smallest absolute Gasteiger partial charge is 0.315 e. The molecule has 0 bridgehead atoms. The fourth-order valence-corrected chi connectivity index (χ4v) is 2.30. The van der Waals surface area contributed by atoms with Crippen molar-refractivity contribution in [2.75, 3.05) is 0 Å². The van der Waals surface area contributed by atoms with Crippen LogP contribution in [0.1, 0.15) is 31.2 Å². The number of aromatic hydroxyl groups is 1. The molecule has 2 rings (SSSR count). The van der Waals surface area contributed by atoms with E-state index in [-0.39, 0.29) is 24.7 Å². The molecular weight excluding hydrogens is 263 g/mol. The highest BCUT2D eigenvalue weighted by Gasteiger charge is 2.20. The number of carbonyl (C=O) groups excluding carboxylic acids is 1. The van der Waals surface area contributed by atoms with Crippen molar-refractivity contribution >= 4 is 6.03 Å². The maximum atomic E-state index is 13.1. The Morgan fingerprint density at radius 3 is 2.65 bits per heavy atom. The molecule has 0 unspecified atom stereocenters. The van der Waals surface area contributed by atoms with Crippen molar-refractivity contribution < 1.29 is 19.4 Å². The summed E-state index contributed by atoms with van der Waals surface area (Å²) in [6.45, 7) is 0.193. The van der Waals surface area contributed by atoms with Crippen LogP contribution in [0.4, 0.5) is 9.18 Å². The third-order valence-corrected chi connectivity index (χ3v) is 3.50. The van der Waals surface area contributed by atoms with Gasteiger partial charge in [0.15, 0.2) is 11.6 Å². The second kappa shape index (κ2) is 6.56. The van der Waals surface area contributed by atoms with Gasteiger partial charge in [0, 0.05) is 12.6 Å². The molecule has 1 fully saturated rings. The number of hydrogen-bond acceptors (Lipinski definition) is 3. The summed E-state index contributed by atoms with van der Waals surface area (Å²) < 4.78 is 13.1. The number of benzene rings is 1. The van der Waals surface area contributed by atoms with Gasteiger partial charge in [-0.15, -0.1) is 0 Å². The van der Waals surface area contributed by atoms with Crippen LogP contribution in [0.15, 0.2) is 18.2 Å². The Hall–Kier alpha value is -1.82. The monoisotopic (exact) mass is 282 g/mol. The van der Waals surface area contributed by atoms with Crippen LogP contribution in [-0.4, -0.2) is 28.4 Å². The number of hydrogen-bond donors (Lipinski definition) is 4. The van der Waals surface area contributed by atoms with Crippen molar-refractivity contribution in [2.24, 2.45) is 0 Å². The first-order valence-electron chi connectivity index (χ1n) is 6.74. The maximum Gasteiger partial charge on any atom is 0.315 e. The number of phenols is 1. The second-order valence-electron chi connectivity index (χ2n) is 5.12. The van der Waals surface area contributed by atoms with Gasteiger partial charge >= 0.3 is 6.03 Å². The number of phenolic OH excluding ortho intramolecular Hbond substituents is 1. The zero-order valence-corrected chi connectivity index (χ0v) is 11.1. The molecule has 1 aliphatic rings. The predicted octanol–water partition coefficient (Wildman–Crippen LogP) is 1.63. The minimum absolute atomic E-state index is 0.0787. The summed E-state index contributed by atoms with van der Waals surface area (Å²) in [7, 11) is 0. The lowest BCUT2D eigenvalue weighted by molar-refractivity contribution is 0.117. The van der Waals surface area contributed by atoms with Gasteiger partial charge in [-0.05, 0) is 43.4 Å². The average molecular weight is 282 g/mol. The molecular formula is C14H19FN2O3. The first-order valence-corrected chi connectivity index (χ1v) is 6.74. The summed E-state index contributed by atoms with van der Waals surface area (Å²) in [6.07, 6.45) is 2.68. The minimum atomic E-state index is -0.703. The Morgan fingerprint density at radius 2 is 2.00 bits per heavy atom. The van der Waals surface area contributed by atoms with Crippen LogP contribution < -0.4 is 10.6 Å². The first-order chi connectivity index (χ1) is 9.54. The summed E-state index contributed by atoms with van der Waals surface area (Å²) in [5, 5.41) is 23.9. The highest BCUT2D eigenvalue weighted by Crippen LogP contribution is 2.18. The Kier molecular flexibility index (Phi) is 4.79. The highest BCUT2D eigenvalue weighted by atomic mass is 19.1. The molecule has 1 aromatic rings. The van der Waals surface area contributed by atoms with Crippen LogP contribution in [-0.2, 0) is 6.54 Å². The average Bonchev–Trinajstić information content (AvgIpc) is 2.43. The lowest BCUT2D eigenvalue weighted by Gasteiger charge is -2.26. The van der Waals surface area contributed by atoms with Gasteiger partial charge < -0.3 is 20.8 Å². The summed E-state index contributed by atoms with van der Waals surface area (Å²) in [5.41, 5.74) is 0.578. The van der Waals surface area contributed by atoms with Crippen molar-refractivity contribution in [3.8, 4) is 5.75 Å². The third kappa shape index (κ3) is 4.09. The maximum absolute atomic E-state index is 13.1. The molecule has 5 nitrogen and oxygen atoms in total. The normalized spacial score (nSPS) is 22.3. The van der Waals surface area contributed by atoms with E-state index in [1.807, 2.05) is 0 Å². The van der Waals surface area contributed by atoms with E-state index in [4.69, 9.17) is 5.11 Å². The molecule has 1 aliphatic carbocycles. The molecule has 0 aliphatic heterocycles. The molecule has 0 saturated heterocycles. The number of urea groups is 1. The van der Waals surface area contributed by atoms with E-state index in [1.165, 1.54) is 12.1 Å². The van der Waals surface area contributed by atoms with Crippen molar-refractivity contribution in [1.82, 2.24) is 10.6 Å². The van der Waals surface area contributed by atoms with Crippen molar-refractivity contribution in [3.05, 3.63) is 29.6 Å². The van der Waals surface area contributed by atoms with E-state index in [1.54, 1.807) is 6.07 Å². The number of aliphatic hydroxyl groups is 1. The molecule has 110 valence electrons. The van der Waals surface area contributed by atoms with E-state index in [2.05, 4.69) is 10.6 Å². The first kappa shape index (κ1) is 14.6. The summed E-state index contributed by atoms with van der Waals surface area (Å²) in [4.78, 5) is 11.7. The molecule has 1 saturated carbocycles. The zero-order chi connectivity index (χ0) is 14.5. The molecule has 0 atom stereocenters. The number of amides is 2. The zero-order valence-electron chi connectivity index (χ0n) is 11.1. The van der Waals surface area contributed by atoms with Crippen LogP contribution >= 0.6 is 0 Å². The van der Waals surface area contributed by atoms with Gasteiger partial charge in [-0.3, -0.25) is 0 Å². The van der Waals surface area contributed by atoms with Gasteiger partial charge in [0.2, 0.25) is 0 Å². The fourth-order valence-electron chi connectivity index (χ4n) is 2.30. The summed E-state index contributed by atoms with van der Waals surface area (Å²) >= 11 is 0. The third-order valence-electron chi connectivity index (χ3n) is 3.50. The SMILES string of the molecule is O=C(NCc1ccc(O)c(F)c1)NC1CCC(O)CC1. The lowest BCUT2D eigenvalue weighted by Crippen LogP contribution is -2.43. The van der Waals surface area contributed by atoms with Gasteiger partial charge in [0.1, 0.15) is 0 Å². The summed E-state index contributed by atoms with van der Waals surface area (Å²) in [6, 6.07) is 3.77. The lowest BCUT2D eigenvalue weighted by atomic mass is 9.93. The quantitative estimate of drug-likeness (QED) is 0.680. The van der Waals surface area contributed by atoms with Crippen LogP contribution in [0.3, 0.4) is 0 Å². The van der Waals surface area contributed by atoms with Crippen molar-refractivity contribution in [3.63, 3.8) is 0 Å². The molecule has 20 heavy (non-hydrogen) atoms. The van der Waals surface area contributed by atoms with E-state index < -0.39 is 11.6 Å². The van der Waals surface area contributed by atoms with E-state index in [9.17, 15) is 14.3 Å². The number of nitrogens with one attached hydrogen (secondary N) is 2. The molecule has 6 heteroatoms. The van der Waals surface area contributed by atoms with Gasteiger partial charge in [-0.1, -0.05) is 6.07 Å². The Morgan fingerprint density at radius 1 is 1.30 bits per heavy atom. The predicted molar refractivity (Wildman–Crippen MR) is 71.7 cm³/mol. The topological polar surface area (TPSA) is 81.6 Å². The molecule has 1 aromatic carbocycles. The minimum Gasteiger partial charge on any atom is -0.505 e. The number of halogens is 1. The Bertz CT molecular complexity index is 473. The van der Waals surface area contributed by atoms with E-state index >= 15 is 0 Å². The number of rotatable bonds is 3. The number of aliphatic hydroxyl groups excluding tert-OH is 1. The molecule has 0 aromatic heterocycles. The van der Waals surface area contributed by atoms with E-state index in [0.29, 0.717) is 18.4 Å². The van der Waals surface area contributed by atoms with Crippen LogP contribution in [0, 0.1) is 5.82 Å². The van der Waals surface area contributed by atoms with Gasteiger partial charge in [-0.25, -0.2) is 9.18 Å². The summed E-state index contributed by atoms with van der Waals surface area (Å²) in [5.74, 6) is -1.11. The molecule has 0 heterocycles. The van der Waals surface area contributed by atoms with Crippen LogP contribution in [0.25, 0.3) is 0 Å². The Balaban J connectivity index is 1.76. The van der Waals surface area contributed by atoms with Crippen molar-refractivity contribution in [2.45, 2.75) is 44.4 Å². The largest absolute Gasteiger partial charge is 0.505 e. The second-order valence-corrected chi connectivity index (χ2v) is 5.12. The highest BCUT2D eigenvalue weighted by molar-refractivity contribution is 5.74. The molecule has 4 N–H and O–H groups in total. The fraction of sp³-hybridized carbons (Fsp3) is 0.500. The standard InChI is InChI=1S/C14H19FN2O3/c15-12-7-9(1-6-13(12)19)8-16-14(20)17-10-2-4-11(18)5-3-10/h1,6-7,10-11,18-19H,2-5,8H2,(H2,16,17,20). The van der Waals surface area contributed by atoms with E-state index in [0.717, 1.165) is 12.8 Å². The van der Waals surface area contributed by atoms with Crippen LogP contribution in [0.5, 0.6) is 5.75 Å². The Labute approximate surface area is 116 Å². The van der Waals surface area contributed by atoms with Gasteiger partial charge in [-0.2, -0.15) is 0 Å². The molecule has 0 spiro atoms. The number of carbonyl (C=O) groups is 1.